The maximum atomic E-state index is 6.17. The molecule has 0 radical (unpaired) electrons. The normalized spacial score (nSPS) is 27.6. The van der Waals surface area contributed by atoms with Gasteiger partial charge in [-0.05, 0) is 12.1 Å². The number of rotatable bonds is 4. The number of hydrogen-bond donors (Lipinski definition) is 0. The van der Waals surface area contributed by atoms with Gasteiger partial charge in [0.1, 0.15) is 5.60 Å². The average molecular weight is 303 g/mol. The lowest BCUT2D eigenvalue weighted by atomic mass is 10.0. The third-order valence-electron chi connectivity index (χ3n) is 4.26. The van der Waals surface area contributed by atoms with Crippen LogP contribution in [0, 0.1) is 0 Å². The second kappa shape index (κ2) is 7.33. The summed E-state index contributed by atoms with van der Waals surface area (Å²) in [5.41, 5.74) is 0.879. The standard InChI is InChI=1S/C17H25N3O2/c1-2-7-19-8-10-21-15-17(13-19)14-20(9-11-22-17)12-16-5-3-4-6-18-16/h2-6H,1,7-15H2/t17-/m0/s1. The lowest BCUT2D eigenvalue weighted by Crippen LogP contribution is -2.58. The summed E-state index contributed by atoms with van der Waals surface area (Å²) in [5, 5.41) is 0. The minimum Gasteiger partial charge on any atom is -0.377 e. The summed E-state index contributed by atoms with van der Waals surface area (Å²) >= 11 is 0. The number of pyridine rings is 1. The third-order valence-corrected chi connectivity index (χ3v) is 4.26. The largest absolute Gasteiger partial charge is 0.377 e. The third kappa shape index (κ3) is 3.93. The van der Waals surface area contributed by atoms with Crippen LogP contribution in [0.4, 0.5) is 0 Å². The Morgan fingerprint density at radius 2 is 2.09 bits per heavy atom. The van der Waals surface area contributed by atoms with Gasteiger partial charge in [0.25, 0.3) is 0 Å². The van der Waals surface area contributed by atoms with Crippen LogP contribution in [0.3, 0.4) is 0 Å². The van der Waals surface area contributed by atoms with E-state index in [1.165, 1.54) is 0 Å². The molecule has 5 heteroatoms. The van der Waals surface area contributed by atoms with E-state index in [1.54, 1.807) is 0 Å². The van der Waals surface area contributed by atoms with Crippen molar-refractivity contribution in [1.29, 1.82) is 0 Å². The molecular formula is C17H25N3O2. The molecule has 0 aliphatic carbocycles. The minimum atomic E-state index is -0.230. The molecule has 0 saturated carbocycles. The van der Waals surface area contributed by atoms with E-state index in [2.05, 4.69) is 27.4 Å². The summed E-state index contributed by atoms with van der Waals surface area (Å²) in [6.45, 7) is 11.4. The van der Waals surface area contributed by atoms with Gasteiger partial charge in [-0.2, -0.15) is 0 Å². The zero-order valence-corrected chi connectivity index (χ0v) is 13.1. The first-order chi connectivity index (χ1) is 10.8. The van der Waals surface area contributed by atoms with Crippen LogP contribution in [-0.4, -0.2) is 72.9 Å². The molecule has 0 amide bonds. The van der Waals surface area contributed by atoms with Gasteiger partial charge in [-0.1, -0.05) is 12.1 Å². The van der Waals surface area contributed by atoms with Crippen molar-refractivity contribution in [2.45, 2.75) is 12.1 Å². The van der Waals surface area contributed by atoms with Gasteiger partial charge in [0.2, 0.25) is 0 Å². The molecule has 0 bridgehead atoms. The fourth-order valence-electron chi connectivity index (χ4n) is 3.28. The molecule has 3 rings (SSSR count). The summed E-state index contributed by atoms with van der Waals surface area (Å²) in [6.07, 6.45) is 3.81. The highest BCUT2D eigenvalue weighted by Gasteiger charge is 2.40. The van der Waals surface area contributed by atoms with E-state index in [9.17, 15) is 0 Å². The van der Waals surface area contributed by atoms with E-state index in [4.69, 9.17) is 9.47 Å². The lowest BCUT2D eigenvalue weighted by Gasteiger charge is -2.43. The van der Waals surface area contributed by atoms with Gasteiger partial charge in [-0.15, -0.1) is 6.58 Å². The van der Waals surface area contributed by atoms with Crippen LogP contribution in [0.25, 0.3) is 0 Å². The van der Waals surface area contributed by atoms with Crippen LogP contribution < -0.4 is 0 Å². The maximum Gasteiger partial charge on any atom is 0.117 e. The Kier molecular flexibility index (Phi) is 5.20. The van der Waals surface area contributed by atoms with Gasteiger partial charge in [0.15, 0.2) is 0 Å². The summed E-state index contributed by atoms with van der Waals surface area (Å²) in [6, 6.07) is 6.07. The molecule has 2 aliphatic heterocycles. The van der Waals surface area contributed by atoms with Crippen LogP contribution in [0.2, 0.25) is 0 Å². The number of aromatic nitrogens is 1. The molecule has 0 aromatic carbocycles. The maximum absolute atomic E-state index is 6.17. The quantitative estimate of drug-likeness (QED) is 0.781. The van der Waals surface area contributed by atoms with E-state index in [0.29, 0.717) is 6.61 Å². The zero-order chi connectivity index (χ0) is 15.3. The summed E-state index contributed by atoms with van der Waals surface area (Å²) in [4.78, 5) is 9.22. The minimum absolute atomic E-state index is 0.230. The van der Waals surface area contributed by atoms with Gasteiger partial charge >= 0.3 is 0 Å². The Morgan fingerprint density at radius 3 is 2.91 bits per heavy atom. The van der Waals surface area contributed by atoms with Crippen molar-refractivity contribution in [2.24, 2.45) is 0 Å². The predicted octanol–water partition coefficient (Wildman–Crippen LogP) is 1.17. The highest BCUT2D eigenvalue weighted by molar-refractivity contribution is 5.04. The summed E-state index contributed by atoms with van der Waals surface area (Å²) in [5.74, 6) is 0. The Bertz CT molecular complexity index is 482. The van der Waals surface area contributed by atoms with Crippen molar-refractivity contribution in [3.05, 3.63) is 42.7 Å². The van der Waals surface area contributed by atoms with Crippen LogP contribution in [0.5, 0.6) is 0 Å². The van der Waals surface area contributed by atoms with Crippen LogP contribution in [0.15, 0.2) is 37.1 Å². The molecular weight excluding hydrogens is 278 g/mol. The number of morpholine rings is 1. The summed E-state index contributed by atoms with van der Waals surface area (Å²) in [7, 11) is 0. The first kappa shape index (κ1) is 15.6. The number of ether oxygens (including phenoxy) is 2. The van der Waals surface area contributed by atoms with Crippen LogP contribution in [-0.2, 0) is 16.0 Å². The van der Waals surface area contributed by atoms with Gasteiger partial charge in [0, 0.05) is 45.5 Å². The van der Waals surface area contributed by atoms with E-state index in [-0.39, 0.29) is 5.60 Å². The molecule has 1 aromatic rings. The second-order valence-electron chi connectivity index (χ2n) is 6.14. The van der Waals surface area contributed by atoms with Crippen molar-refractivity contribution >= 4 is 0 Å². The fourth-order valence-corrected chi connectivity index (χ4v) is 3.28. The van der Waals surface area contributed by atoms with E-state index < -0.39 is 0 Å². The first-order valence-corrected chi connectivity index (χ1v) is 7.97. The highest BCUT2D eigenvalue weighted by Crippen LogP contribution is 2.23. The monoisotopic (exact) mass is 303 g/mol. The SMILES string of the molecule is C=CCN1CCOC[C@]2(C1)CN(Cc1ccccn1)CCO2. The van der Waals surface area contributed by atoms with E-state index >= 15 is 0 Å². The van der Waals surface area contributed by atoms with Crippen molar-refractivity contribution in [3.63, 3.8) is 0 Å². The van der Waals surface area contributed by atoms with Gasteiger partial charge in [-0.3, -0.25) is 14.8 Å². The lowest BCUT2D eigenvalue weighted by molar-refractivity contribution is -0.142. The highest BCUT2D eigenvalue weighted by atomic mass is 16.5. The van der Waals surface area contributed by atoms with Gasteiger partial charge < -0.3 is 9.47 Å². The summed E-state index contributed by atoms with van der Waals surface area (Å²) < 4.78 is 12.0. The molecule has 2 saturated heterocycles. The second-order valence-corrected chi connectivity index (χ2v) is 6.14. The first-order valence-electron chi connectivity index (χ1n) is 7.97. The van der Waals surface area contributed by atoms with Crippen molar-refractivity contribution in [2.75, 3.05) is 52.5 Å². The van der Waals surface area contributed by atoms with Crippen molar-refractivity contribution in [1.82, 2.24) is 14.8 Å². The molecule has 3 heterocycles. The molecule has 5 nitrogen and oxygen atoms in total. The molecule has 1 atom stereocenters. The zero-order valence-electron chi connectivity index (χ0n) is 13.1. The Morgan fingerprint density at radius 1 is 1.23 bits per heavy atom. The molecule has 1 spiro atoms. The topological polar surface area (TPSA) is 37.8 Å². The Balaban J connectivity index is 1.66. The Labute approximate surface area is 132 Å². The smallest absolute Gasteiger partial charge is 0.117 e. The molecule has 22 heavy (non-hydrogen) atoms. The molecule has 0 unspecified atom stereocenters. The van der Waals surface area contributed by atoms with Crippen LogP contribution >= 0.6 is 0 Å². The van der Waals surface area contributed by atoms with Gasteiger partial charge in [0.05, 0.1) is 25.5 Å². The van der Waals surface area contributed by atoms with Gasteiger partial charge in [-0.25, -0.2) is 0 Å². The van der Waals surface area contributed by atoms with E-state index in [0.717, 1.165) is 58.2 Å². The average Bonchev–Trinajstić information content (AvgIpc) is 2.71. The van der Waals surface area contributed by atoms with E-state index in [1.807, 2.05) is 24.4 Å². The molecule has 1 aromatic heterocycles. The Hall–Kier alpha value is -1.27. The predicted molar refractivity (Wildman–Crippen MR) is 85.7 cm³/mol. The molecule has 2 fully saturated rings. The van der Waals surface area contributed by atoms with Crippen LogP contribution in [0.1, 0.15) is 5.69 Å². The van der Waals surface area contributed by atoms with Crippen molar-refractivity contribution < 1.29 is 9.47 Å². The van der Waals surface area contributed by atoms with Crippen molar-refractivity contribution in [3.8, 4) is 0 Å². The fraction of sp³-hybridized carbons (Fsp3) is 0.588. The molecule has 120 valence electrons. The molecule has 0 N–H and O–H groups in total. The number of nitrogens with zero attached hydrogens (tertiary/aromatic N) is 3. The number of hydrogen-bond acceptors (Lipinski definition) is 5. The molecule has 2 aliphatic rings.